The maximum absolute atomic E-state index is 13.9. The molecular weight excluding hydrogens is 344 g/mol. The summed E-state index contributed by atoms with van der Waals surface area (Å²) >= 11 is 0. The maximum Gasteiger partial charge on any atom is 0.201 e. The van der Waals surface area contributed by atoms with Crippen molar-refractivity contribution in [3.63, 3.8) is 0 Å². The fourth-order valence-corrected chi connectivity index (χ4v) is 6.54. The van der Waals surface area contributed by atoms with E-state index in [0.717, 1.165) is 49.9 Å². The van der Waals surface area contributed by atoms with Crippen LogP contribution in [-0.4, -0.2) is 27.5 Å². The number of rotatable bonds is 4. The van der Waals surface area contributed by atoms with Gasteiger partial charge in [0.15, 0.2) is 4.87 Å². The van der Waals surface area contributed by atoms with Gasteiger partial charge in [-0.25, -0.2) is 8.42 Å². The molecule has 2 aromatic carbocycles. The fraction of sp³-hybridized carbons (Fsp3) is 0.429. The number of hydrogen-bond acceptors (Lipinski definition) is 4. The molecule has 1 heterocycles. The molecule has 2 aliphatic rings. The summed E-state index contributed by atoms with van der Waals surface area (Å²) in [5.41, 5.74) is 2.09. The van der Waals surface area contributed by atoms with Crippen LogP contribution in [0.2, 0.25) is 0 Å². The molecule has 0 saturated carbocycles. The Morgan fingerprint density at radius 1 is 0.962 bits per heavy atom. The van der Waals surface area contributed by atoms with E-state index >= 15 is 0 Å². The molecule has 0 radical (unpaired) electrons. The van der Waals surface area contributed by atoms with Crippen LogP contribution >= 0.6 is 0 Å². The quantitative estimate of drug-likeness (QED) is 0.869. The second-order valence-corrected chi connectivity index (χ2v) is 9.50. The minimum Gasteiger partial charge on any atom is -0.317 e. The summed E-state index contributed by atoms with van der Waals surface area (Å²) in [5, 5.41) is 7.00. The summed E-state index contributed by atoms with van der Waals surface area (Å²) in [5.74, 6) is 0. The van der Waals surface area contributed by atoms with Crippen molar-refractivity contribution >= 4 is 9.84 Å². The Hall–Kier alpha value is -1.69. The predicted octanol–water partition coefficient (Wildman–Crippen LogP) is 2.99. The van der Waals surface area contributed by atoms with Gasteiger partial charge < -0.3 is 5.32 Å². The summed E-state index contributed by atoms with van der Waals surface area (Å²) in [6, 6.07) is 17.2. The molecule has 0 amide bonds. The average molecular weight is 371 g/mol. The van der Waals surface area contributed by atoms with Crippen LogP contribution < -0.4 is 10.6 Å². The Morgan fingerprint density at radius 2 is 1.65 bits per heavy atom. The van der Waals surface area contributed by atoms with Crippen molar-refractivity contribution in [1.29, 1.82) is 0 Å². The van der Waals surface area contributed by atoms with Crippen LogP contribution in [0.1, 0.15) is 36.8 Å². The van der Waals surface area contributed by atoms with Crippen molar-refractivity contribution in [2.24, 2.45) is 0 Å². The van der Waals surface area contributed by atoms with Crippen LogP contribution in [0.3, 0.4) is 0 Å². The molecule has 2 N–H and O–H groups in total. The summed E-state index contributed by atoms with van der Waals surface area (Å²) in [6.07, 6.45) is 4.34. The smallest absolute Gasteiger partial charge is 0.201 e. The zero-order valence-corrected chi connectivity index (χ0v) is 15.8. The molecule has 4 rings (SSSR count). The van der Waals surface area contributed by atoms with Gasteiger partial charge in [0.25, 0.3) is 0 Å². The first-order chi connectivity index (χ1) is 12.6. The van der Waals surface area contributed by atoms with Crippen LogP contribution in [0.4, 0.5) is 0 Å². The lowest BCUT2D eigenvalue weighted by molar-refractivity contribution is 0.293. The molecule has 1 unspecified atom stereocenters. The molecule has 0 spiro atoms. The van der Waals surface area contributed by atoms with Crippen LogP contribution in [0.5, 0.6) is 0 Å². The van der Waals surface area contributed by atoms with Crippen molar-refractivity contribution in [3.8, 4) is 0 Å². The van der Waals surface area contributed by atoms with Crippen molar-refractivity contribution in [3.05, 3.63) is 65.7 Å². The van der Waals surface area contributed by atoms with Gasteiger partial charge in [-0.1, -0.05) is 42.5 Å². The van der Waals surface area contributed by atoms with Crippen molar-refractivity contribution in [1.82, 2.24) is 10.6 Å². The van der Waals surface area contributed by atoms with Crippen LogP contribution in [0, 0.1) is 0 Å². The highest BCUT2D eigenvalue weighted by atomic mass is 32.2. The Kier molecular flexibility index (Phi) is 4.86. The number of sulfone groups is 1. The van der Waals surface area contributed by atoms with Gasteiger partial charge in [-0.2, -0.15) is 0 Å². The zero-order valence-electron chi connectivity index (χ0n) is 14.9. The van der Waals surface area contributed by atoms with E-state index in [1.165, 1.54) is 0 Å². The van der Waals surface area contributed by atoms with Crippen LogP contribution in [0.25, 0.3) is 0 Å². The lowest BCUT2D eigenvalue weighted by Crippen LogP contribution is -2.56. The van der Waals surface area contributed by atoms with Crippen molar-refractivity contribution in [2.45, 2.75) is 47.9 Å². The summed E-state index contributed by atoms with van der Waals surface area (Å²) in [4.78, 5) is -0.635. The molecule has 1 saturated heterocycles. The molecule has 1 aliphatic carbocycles. The molecule has 0 bridgehead atoms. The third-order valence-corrected chi connectivity index (χ3v) is 8.07. The van der Waals surface area contributed by atoms with Gasteiger partial charge in [0, 0.05) is 6.04 Å². The molecular formula is C21H26N2O2S. The van der Waals surface area contributed by atoms with Gasteiger partial charge in [-0.05, 0) is 68.5 Å². The Bertz CT molecular complexity index is 861. The lowest BCUT2D eigenvalue weighted by atomic mass is 9.86. The number of aryl methyl sites for hydroxylation is 1. The molecule has 1 aliphatic heterocycles. The van der Waals surface area contributed by atoms with E-state index in [1.54, 1.807) is 24.3 Å². The highest BCUT2D eigenvalue weighted by Gasteiger charge is 2.49. The number of nitrogens with one attached hydrogen (secondary N) is 2. The molecule has 138 valence electrons. The third-order valence-electron chi connectivity index (χ3n) is 5.72. The first kappa shape index (κ1) is 17.7. The summed E-state index contributed by atoms with van der Waals surface area (Å²) in [7, 11) is -3.57. The van der Waals surface area contributed by atoms with E-state index in [9.17, 15) is 8.42 Å². The maximum atomic E-state index is 13.9. The summed E-state index contributed by atoms with van der Waals surface area (Å²) < 4.78 is 27.7. The molecule has 4 nitrogen and oxygen atoms in total. The Morgan fingerprint density at radius 3 is 2.42 bits per heavy atom. The summed E-state index contributed by atoms with van der Waals surface area (Å²) in [6.45, 7) is 1.86. The van der Waals surface area contributed by atoms with E-state index in [-0.39, 0.29) is 6.04 Å². The van der Waals surface area contributed by atoms with Gasteiger partial charge in [-0.3, -0.25) is 5.32 Å². The molecule has 5 heteroatoms. The number of piperidine rings is 1. The van der Waals surface area contributed by atoms with E-state index < -0.39 is 14.7 Å². The fourth-order valence-electron chi connectivity index (χ4n) is 4.40. The molecule has 26 heavy (non-hydrogen) atoms. The largest absolute Gasteiger partial charge is 0.317 e. The van der Waals surface area contributed by atoms with E-state index in [2.05, 4.69) is 16.7 Å². The van der Waals surface area contributed by atoms with Crippen LogP contribution in [0.15, 0.2) is 59.5 Å². The zero-order chi connectivity index (χ0) is 18.0. The topological polar surface area (TPSA) is 58.2 Å². The number of benzene rings is 2. The average Bonchev–Trinajstić information content (AvgIpc) is 2.69. The van der Waals surface area contributed by atoms with E-state index in [1.807, 2.05) is 24.3 Å². The lowest BCUT2D eigenvalue weighted by Gasteiger charge is -2.42. The normalized spacial score (nSPS) is 24.2. The highest BCUT2D eigenvalue weighted by Crippen LogP contribution is 2.43. The monoisotopic (exact) mass is 370 g/mol. The van der Waals surface area contributed by atoms with Gasteiger partial charge in [-0.15, -0.1) is 0 Å². The van der Waals surface area contributed by atoms with Gasteiger partial charge in [0.1, 0.15) is 0 Å². The minimum absolute atomic E-state index is 0.209. The standard InChI is InChI=1S/C21H26N2O2S/c24-26(25,19-9-2-1-3-10-19)21(23-18-12-15-22-16-13-18)14-6-8-17-7-4-5-11-20(17)21/h1-5,7,9-11,18,22-23H,6,8,12-16H2. The first-order valence-corrected chi connectivity index (χ1v) is 11.0. The molecule has 2 aromatic rings. The van der Waals surface area contributed by atoms with Gasteiger partial charge in [0.05, 0.1) is 4.90 Å². The molecule has 1 fully saturated rings. The van der Waals surface area contributed by atoms with Gasteiger partial charge >= 0.3 is 0 Å². The Labute approximate surface area is 155 Å². The SMILES string of the molecule is O=S(=O)(c1ccccc1)C1(NC2CCNCC2)CCCc2ccccc21. The second kappa shape index (κ2) is 7.14. The van der Waals surface area contributed by atoms with Gasteiger partial charge in [0.2, 0.25) is 9.84 Å². The van der Waals surface area contributed by atoms with Crippen molar-refractivity contribution in [2.75, 3.05) is 13.1 Å². The first-order valence-electron chi connectivity index (χ1n) is 9.50. The Balaban J connectivity index is 1.86. The minimum atomic E-state index is -3.57. The molecule has 0 aromatic heterocycles. The third kappa shape index (κ3) is 2.98. The van der Waals surface area contributed by atoms with Crippen molar-refractivity contribution < 1.29 is 8.42 Å². The van der Waals surface area contributed by atoms with E-state index in [4.69, 9.17) is 0 Å². The number of fused-ring (bicyclic) bond motifs is 1. The second-order valence-electron chi connectivity index (χ2n) is 7.32. The number of hydrogen-bond donors (Lipinski definition) is 2. The predicted molar refractivity (Wildman–Crippen MR) is 104 cm³/mol. The highest BCUT2D eigenvalue weighted by molar-refractivity contribution is 7.92. The van der Waals surface area contributed by atoms with E-state index in [0.29, 0.717) is 11.3 Å². The molecule has 1 atom stereocenters. The van der Waals surface area contributed by atoms with Crippen LogP contribution in [-0.2, 0) is 21.1 Å².